The van der Waals surface area contributed by atoms with Crippen molar-refractivity contribution in [2.75, 3.05) is 40.9 Å². The van der Waals surface area contributed by atoms with E-state index in [1.807, 2.05) is 27.2 Å². The zero-order valence-electron chi connectivity index (χ0n) is 56.4. The van der Waals surface area contributed by atoms with E-state index in [0.717, 1.165) is 44.9 Å². The van der Waals surface area contributed by atoms with Crippen molar-refractivity contribution >= 4 is 13.7 Å². The van der Waals surface area contributed by atoms with Gasteiger partial charge in [-0.15, -0.1) is 0 Å². The zero-order chi connectivity index (χ0) is 60.5. The molecule has 0 aliphatic carbocycles. The number of carbonyl (C=O) groups is 1. The third-order valence-corrected chi connectivity index (χ3v) is 18.0. The summed E-state index contributed by atoms with van der Waals surface area (Å²) in [6.07, 6.45) is 87.4. The van der Waals surface area contributed by atoms with Crippen LogP contribution in [0, 0.1) is 0 Å². The van der Waals surface area contributed by atoms with Gasteiger partial charge in [-0.05, 0) is 44.9 Å². The SMILES string of the molecule is CCCCCCCCCCCCC/C=C/CC/C=C/CC/C=C/C(O)C(COP(=O)([O-])OCC[N+](C)(C)C)NC(=O)CCCCCCCCCCCCCCCCCCCCCCCCCCCCCCCCCCCCCCCCCC. The van der Waals surface area contributed by atoms with Crippen molar-refractivity contribution in [2.45, 2.75) is 392 Å². The van der Waals surface area contributed by atoms with Gasteiger partial charge in [-0.1, -0.05) is 365 Å². The Morgan fingerprint density at radius 1 is 0.410 bits per heavy atom. The number of quaternary nitrogens is 1. The molecule has 0 heterocycles. The Balaban J connectivity index is 3.93. The van der Waals surface area contributed by atoms with Crippen LogP contribution in [-0.2, 0) is 18.4 Å². The largest absolute Gasteiger partial charge is 0.756 e. The molecule has 0 saturated heterocycles. The highest BCUT2D eigenvalue weighted by Gasteiger charge is 2.23. The lowest BCUT2D eigenvalue weighted by atomic mass is 10.0. The lowest BCUT2D eigenvalue weighted by Gasteiger charge is -2.29. The maximum atomic E-state index is 13.0. The number of carbonyl (C=O) groups excluding carboxylic acids is 1. The molecule has 492 valence electrons. The van der Waals surface area contributed by atoms with Crippen LogP contribution in [0.1, 0.15) is 380 Å². The number of phosphoric ester groups is 1. The van der Waals surface area contributed by atoms with Crippen LogP contribution in [0.3, 0.4) is 0 Å². The molecular weight excluding hydrogens is 1040 g/mol. The van der Waals surface area contributed by atoms with E-state index in [1.54, 1.807) is 6.08 Å². The molecule has 0 spiro atoms. The number of aliphatic hydroxyl groups excluding tert-OH is 1. The number of nitrogens with zero attached hydrogens (tertiary/aromatic N) is 1. The quantitative estimate of drug-likeness (QED) is 0.0272. The van der Waals surface area contributed by atoms with Crippen LogP contribution in [-0.4, -0.2) is 68.5 Å². The first kappa shape index (κ1) is 81.7. The summed E-state index contributed by atoms with van der Waals surface area (Å²) in [6, 6.07) is -0.909. The van der Waals surface area contributed by atoms with Gasteiger partial charge in [0.2, 0.25) is 5.91 Å². The molecule has 2 N–H and O–H groups in total. The second-order valence-corrected chi connectivity index (χ2v) is 28.1. The van der Waals surface area contributed by atoms with Gasteiger partial charge in [-0.25, -0.2) is 0 Å². The Morgan fingerprint density at radius 2 is 0.675 bits per heavy atom. The van der Waals surface area contributed by atoms with Gasteiger partial charge in [0.15, 0.2) is 0 Å². The third-order valence-electron chi connectivity index (χ3n) is 17.1. The van der Waals surface area contributed by atoms with Gasteiger partial charge < -0.3 is 28.8 Å². The van der Waals surface area contributed by atoms with Gasteiger partial charge in [0, 0.05) is 6.42 Å². The second kappa shape index (κ2) is 65.2. The van der Waals surface area contributed by atoms with E-state index in [-0.39, 0.29) is 12.5 Å². The monoisotopic (exact) mass is 1190 g/mol. The van der Waals surface area contributed by atoms with Gasteiger partial charge >= 0.3 is 0 Å². The van der Waals surface area contributed by atoms with E-state index in [1.165, 1.54) is 315 Å². The van der Waals surface area contributed by atoms with Crippen molar-refractivity contribution < 1.29 is 32.9 Å². The molecule has 8 nitrogen and oxygen atoms in total. The number of nitrogens with one attached hydrogen (secondary N) is 1. The molecule has 0 aliphatic heterocycles. The minimum atomic E-state index is -4.61. The molecule has 0 radical (unpaired) electrons. The molecule has 0 aromatic carbocycles. The Labute approximate surface area is 518 Å². The number of rotatable bonds is 69. The molecule has 3 unspecified atom stereocenters. The van der Waals surface area contributed by atoms with Crippen LogP contribution >= 0.6 is 7.82 Å². The van der Waals surface area contributed by atoms with Crippen LogP contribution in [0.25, 0.3) is 0 Å². The maximum absolute atomic E-state index is 13.0. The summed E-state index contributed by atoms with van der Waals surface area (Å²) >= 11 is 0. The van der Waals surface area contributed by atoms with E-state index in [2.05, 4.69) is 43.5 Å². The van der Waals surface area contributed by atoms with Gasteiger partial charge in [0.25, 0.3) is 7.82 Å². The summed E-state index contributed by atoms with van der Waals surface area (Å²) < 4.78 is 23.4. The summed E-state index contributed by atoms with van der Waals surface area (Å²) in [5.74, 6) is -0.204. The number of aliphatic hydroxyl groups is 1. The molecule has 1 amide bonds. The molecule has 0 rings (SSSR count). The molecule has 0 aromatic rings. The summed E-state index contributed by atoms with van der Waals surface area (Å²) in [5.41, 5.74) is 0. The summed E-state index contributed by atoms with van der Waals surface area (Å²) in [4.78, 5) is 25.6. The molecule has 0 saturated carbocycles. The fraction of sp³-hybridized carbons (Fsp3) is 0.905. The van der Waals surface area contributed by atoms with E-state index in [9.17, 15) is 19.4 Å². The molecular formula is C74H145N2O6P. The Hall–Kier alpha value is -1.28. The molecule has 0 bridgehead atoms. The smallest absolute Gasteiger partial charge is 0.268 e. The molecule has 83 heavy (non-hydrogen) atoms. The predicted octanol–water partition coefficient (Wildman–Crippen LogP) is 23.0. The van der Waals surface area contributed by atoms with E-state index in [0.29, 0.717) is 17.4 Å². The van der Waals surface area contributed by atoms with Crippen LogP contribution in [0.5, 0.6) is 0 Å². The first-order valence-corrected chi connectivity index (χ1v) is 38.3. The van der Waals surface area contributed by atoms with Crippen molar-refractivity contribution in [1.82, 2.24) is 5.32 Å². The first-order chi connectivity index (χ1) is 40.5. The number of unbranched alkanes of at least 4 members (excludes halogenated alkanes) is 52. The highest BCUT2D eigenvalue weighted by Crippen LogP contribution is 2.38. The maximum Gasteiger partial charge on any atom is 0.268 e. The van der Waals surface area contributed by atoms with E-state index < -0.39 is 26.6 Å². The average molecular weight is 1190 g/mol. The summed E-state index contributed by atoms with van der Waals surface area (Å²) in [6.45, 7) is 4.68. The van der Waals surface area contributed by atoms with Crippen molar-refractivity contribution in [2.24, 2.45) is 0 Å². The Bertz CT molecular complexity index is 1450. The van der Waals surface area contributed by atoms with Crippen LogP contribution in [0.2, 0.25) is 0 Å². The van der Waals surface area contributed by atoms with Gasteiger partial charge in [-0.2, -0.15) is 0 Å². The number of hydrogen-bond donors (Lipinski definition) is 2. The third kappa shape index (κ3) is 68.1. The number of phosphoric acid groups is 1. The van der Waals surface area contributed by atoms with Crippen LogP contribution < -0.4 is 10.2 Å². The minimum absolute atomic E-state index is 0.00714. The van der Waals surface area contributed by atoms with Crippen molar-refractivity contribution in [3.63, 3.8) is 0 Å². The zero-order valence-corrected chi connectivity index (χ0v) is 57.3. The number of amides is 1. The van der Waals surface area contributed by atoms with Crippen molar-refractivity contribution in [1.29, 1.82) is 0 Å². The fourth-order valence-corrected chi connectivity index (χ4v) is 12.1. The van der Waals surface area contributed by atoms with Crippen LogP contribution in [0.4, 0.5) is 0 Å². The lowest BCUT2D eigenvalue weighted by Crippen LogP contribution is -2.45. The Kier molecular flexibility index (Phi) is 64.2. The molecule has 0 aromatic heterocycles. The van der Waals surface area contributed by atoms with Crippen molar-refractivity contribution in [3.8, 4) is 0 Å². The number of allylic oxidation sites excluding steroid dienone is 5. The Morgan fingerprint density at radius 3 is 0.976 bits per heavy atom. The standard InChI is InChI=1S/C74H145N2O6P/c1-6-8-10-12-14-16-18-20-22-24-26-28-29-30-31-32-33-34-35-36-37-38-39-40-41-42-43-44-45-46-48-50-52-54-56-58-60-62-64-66-68-74(78)75-72(71-82-83(79,80)81-70-69-76(3,4)5)73(77)67-65-63-61-59-57-55-53-51-49-47-27-25-23-21-19-17-15-13-11-9-7-2/h49,51,57,59,65,67,72-73,77H,6-48,50,52-56,58,60-64,66,68-71H2,1-5H3,(H-,75,78,79,80)/b51-49+,59-57+,67-65+. The number of likely N-dealkylation sites (N-methyl/N-ethyl adjacent to an activating group) is 1. The second-order valence-electron chi connectivity index (χ2n) is 26.6. The van der Waals surface area contributed by atoms with E-state index >= 15 is 0 Å². The summed E-state index contributed by atoms with van der Waals surface area (Å²) in [5, 5.41) is 13.9. The fourth-order valence-electron chi connectivity index (χ4n) is 11.4. The normalized spacial score (nSPS) is 13.8. The molecule has 9 heteroatoms. The topological polar surface area (TPSA) is 108 Å². The van der Waals surface area contributed by atoms with E-state index in [4.69, 9.17) is 9.05 Å². The first-order valence-electron chi connectivity index (χ1n) is 36.9. The van der Waals surface area contributed by atoms with Crippen molar-refractivity contribution in [3.05, 3.63) is 36.5 Å². The molecule has 0 fully saturated rings. The number of hydrogen-bond acceptors (Lipinski definition) is 6. The molecule has 3 atom stereocenters. The van der Waals surface area contributed by atoms with Gasteiger partial charge in [0.1, 0.15) is 13.2 Å². The van der Waals surface area contributed by atoms with Gasteiger partial charge in [0.05, 0.1) is 39.9 Å². The lowest BCUT2D eigenvalue weighted by molar-refractivity contribution is -0.870. The summed E-state index contributed by atoms with van der Waals surface area (Å²) in [7, 11) is 1.25. The highest BCUT2D eigenvalue weighted by atomic mass is 31.2. The van der Waals surface area contributed by atoms with Crippen LogP contribution in [0.15, 0.2) is 36.5 Å². The minimum Gasteiger partial charge on any atom is -0.756 e. The predicted molar refractivity (Wildman–Crippen MR) is 362 cm³/mol. The molecule has 0 aliphatic rings. The highest BCUT2D eigenvalue weighted by molar-refractivity contribution is 7.45. The van der Waals surface area contributed by atoms with Gasteiger partial charge in [-0.3, -0.25) is 9.36 Å². The average Bonchev–Trinajstić information content (AvgIpc) is 3.49.